The zero-order valence-corrected chi connectivity index (χ0v) is 9.07. The van der Waals surface area contributed by atoms with E-state index in [0.29, 0.717) is 19.6 Å². The van der Waals surface area contributed by atoms with Crippen LogP contribution < -0.4 is 0 Å². The van der Waals surface area contributed by atoms with E-state index in [4.69, 9.17) is 5.11 Å². The van der Waals surface area contributed by atoms with Gasteiger partial charge in [-0.3, -0.25) is 4.90 Å². The van der Waals surface area contributed by atoms with E-state index in [9.17, 15) is 4.79 Å². The molecule has 16 heavy (non-hydrogen) atoms. The highest BCUT2D eigenvalue weighted by Crippen LogP contribution is 2.05. The minimum atomic E-state index is -0.847. The zero-order chi connectivity index (χ0) is 11.5. The number of carbonyl (C=O) groups is 1. The third-order valence-corrected chi connectivity index (χ3v) is 2.72. The minimum absolute atomic E-state index is 0.542. The predicted molar refractivity (Wildman–Crippen MR) is 53.7 cm³/mol. The fourth-order valence-corrected chi connectivity index (χ4v) is 1.68. The second-order valence-corrected chi connectivity index (χ2v) is 3.76. The van der Waals surface area contributed by atoms with Crippen LogP contribution in [-0.4, -0.2) is 67.4 Å². The molecule has 0 aromatic carbocycles. The van der Waals surface area contributed by atoms with Crippen molar-refractivity contribution < 1.29 is 9.90 Å². The lowest BCUT2D eigenvalue weighted by molar-refractivity contribution is 0.101. The molecule has 1 amide bonds. The number of carboxylic acid groups (broad SMARTS) is 1. The van der Waals surface area contributed by atoms with Crippen molar-refractivity contribution in [2.45, 2.75) is 6.54 Å². The number of aryl methyl sites for hydroxylation is 1. The summed E-state index contributed by atoms with van der Waals surface area (Å²) >= 11 is 0. The van der Waals surface area contributed by atoms with E-state index in [-0.39, 0.29) is 0 Å². The molecule has 0 unspecified atom stereocenters. The van der Waals surface area contributed by atoms with E-state index in [2.05, 4.69) is 20.4 Å². The normalized spacial score (nSPS) is 17.7. The zero-order valence-electron chi connectivity index (χ0n) is 9.07. The molecule has 2 heterocycles. The summed E-state index contributed by atoms with van der Waals surface area (Å²) in [7, 11) is 1.79. The summed E-state index contributed by atoms with van der Waals surface area (Å²) in [5, 5.41) is 20.0. The van der Waals surface area contributed by atoms with Crippen LogP contribution in [0.5, 0.6) is 0 Å². The molecular formula is C8H14N6O2. The van der Waals surface area contributed by atoms with Crippen molar-refractivity contribution in [2.75, 3.05) is 26.2 Å². The lowest BCUT2D eigenvalue weighted by atomic mass is 10.3. The number of rotatable bonds is 2. The molecule has 0 spiro atoms. The van der Waals surface area contributed by atoms with Gasteiger partial charge in [-0.15, -0.1) is 5.10 Å². The summed E-state index contributed by atoms with van der Waals surface area (Å²) in [4.78, 5) is 14.3. The molecule has 0 radical (unpaired) electrons. The average Bonchev–Trinajstić information content (AvgIpc) is 2.65. The fraction of sp³-hybridized carbons (Fsp3) is 0.750. The molecule has 1 aliphatic heterocycles. The number of piperazine rings is 1. The van der Waals surface area contributed by atoms with Crippen LogP contribution in [0.25, 0.3) is 0 Å². The molecule has 8 nitrogen and oxygen atoms in total. The van der Waals surface area contributed by atoms with Crippen LogP contribution in [0.1, 0.15) is 5.82 Å². The van der Waals surface area contributed by atoms with Gasteiger partial charge in [-0.25, -0.2) is 9.48 Å². The Bertz CT molecular complexity index is 370. The Kier molecular flexibility index (Phi) is 3.00. The van der Waals surface area contributed by atoms with E-state index >= 15 is 0 Å². The van der Waals surface area contributed by atoms with Crippen molar-refractivity contribution >= 4 is 6.09 Å². The highest BCUT2D eigenvalue weighted by atomic mass is 16.4. The topological polar surface area (TPSA) is 87.4 Å². The summed E-state index contributed by atoms with van der Waals surface area (Å²) < 4.78 is 1.63. The van der Waals surface area contributed by atoms with Gasteiger partial charge in [0.2, 0.25) is 0 Å². The van der Waals surface area contributed by atoms with E-state index in [0.717, 1.165) is 18.9 Å². The molecule has 1 saturated heterocycles. The van der Waals surface area contributed by atoms with Crippen molar-refractivity contribution in [3.63, 3.8) is 0 Å². The van der Waals surface area contributed by atoms with E-state index in [1.165, 1.54) is 4.90 Å². The first-order valence-corrected chi connectivity index (χ1v) is 5.08. The van der Waals surface area contributed by atoms with Gasteiger partial charge in [0, 0.05) is 33.2 Å². The van der Waals surface area contributed by atoms with Crippen LogP contribution in [0.4, 0.5) is 4.79 Å². The highest BCUT2D eigenvalue weighted by Gasteiger charge is 2.21. The second-order valence-electron chi connectivity index (χ2n) is 3.76. The Morgan fingerprint density at radius 2 is 2.06 bits per heavy atom. The number of hydrogen-bond donors (Lipinski definition) is 1. The monoisotopic (exact) mass is 226 g/mol. The molecule has 1 N–H and O–H groups in total. The van der Waals surface area contributed by atoms with E-state index < -0.39 is 6.09 Å². The van der Waals surface area contributed by atoms with Gasteiger partial charge in [0.15, 0.2) is 5.82 Å². The van der Waals surface area contributed by atoms with Crippen molar-refractivity contribution in [3.8, 4) is 0 Å². The Morgan fingerprint density at radius 3 is 2.56 bits per heavy atom. The lowest BCUT2D eigenvalue weighted by Crippen LogP contribution is -2.48. The van der Waals surface area contributed by atoms with Gasteiger partial charge >= 0.3 is 6.09 Å². The SMILES string of the molecule is Cn1nnnc1CN1CCN(C(=O)O)CC1. The largest absolute Gasteiger partial charge is 0.465 e. The molecule has 8 heteroatoms. The van der Waals surface area contributed by atoms with Crippen molar-refractivity contribution in [1.29, 1.82) is 0 Å². The van der Waals surface area contributed by atoms with Crippen LogP contribution in [0.15, 0.2) is 0 Å². The molecule has 0 atom stereocenters. The van der Waals surface area contributed by atoms with Gasteiger partial charge in [0.05, 0.1) is 6.54 Å². The number of nitrogens with zero attached hydrogens (tertiary/aromatic N) is 6. The molecule has 1 aromatic heterocycles. The first-order chi connectivity index (χ1) is 7.66. The summed E-state index contributed by atoms with van der Waals surface area (Å²) in [6, 6.07) is 0. The Labute approximate surface area is 92.4 Å². The standard InChI is InChI=1S/C8H14N6O2/c1-12-7(9-10-11-12)6-13-2-4-14(5-3-13)8(15)16/h2-6H2,1H3,(H,15,16). The quantitative estimate of drug-likeness (QED) is 0.696. The van der Waals surface area contributed by atoms with Gasteiger partial charge in [0.25, 0.3) is 0 Å². The maximum Gasteiger partial charge on any atom is 0.407 e. The van der Waals surface area contributed by atoms with Crippen molar-refractivity contribution in [2.24, 2.45) is 7.05 Å². The van der Waals surface area contributed by atoms with Crippen LogP contribution in [0, 0.1) is 0 Å². The third kappa shape index (κ3) is 2.27. The maximum atomic E-state index is 10.7. The molecule has 0 bridgehead atoms. The van der Waals surface area contributed by atoms with Gasteiger partial charge in [-0.05, 0) is 10.4 Å². The number of tetrazole rings is 1. The second kappa shape index (κ2) is 4.44. The third-order valence-electron chi connectivity index (χ3n) is 2.72. The summed E-state index contributed by atoms with van der Waals surface area (Å²) in [5.74, 6) is 0.795. The first-order valence-electron chi connectivity index (χ1n) is 5.08. The fourth-order valence-electron chi connectivity index (χ4n) is 1.68. The van der Waals surface area contributed by atoms with Crippen LogP contribution in [-0.2, 0) is 13.6 Å². The molecule has 0 aliphatic carbocycles. The van der Waals surface area contributed by atoms with E-state index in [1.54, 1.807) is 11.7 Å². The van der Waals surface area contributed by atoms with Gasteiger partial charge in [-0.2, -0.15) is 0 Å². The lowest BCUT2D eigenvalue weighted by Gasteiger charge is -2.32. The number of amides is 1. The molecule has 1 aromatic rings. The van der Waals surface area contributed by atoms with Crippen molar-refractivity contribution in [3.05, 3.63) is 5.82 Å². The molecule has 0 saturated carbocycles. The smallest absolute Gasteiger partial charge is 0.407 e. The minimum Gasteiger partial charge on any atom is -0.465 e. The number of aromatic nitrogens is 4. The molecule has 1 fully saturated rings. The van der Waals surface area contributed by atoms with Gasteiger partial charge in [-0.1, -0.05) is 0 Å². The van der Waals surface area contributed by atoms with Gasteiger partial charge < -0.3 is 10.0 Å². The van der Waals surface area contributed by atoms with Crippen LogP contribution in [0.2, 0.25) is 0 Å². The molecule has 2 rings (SSSR count). The Morgan fingerprint density at radius 1 is 1.38 bits per heavy atom. The summed E-state index contributed by atoms with van der Waals surface area (Å²) in [5.41, 5.74) is 0. The average molecular weight is 226 g/mol. The van der Waals surface area contributed by atoms with Crippen LogP contribution >= 0.6 is 0 Å². The Balaban J connectivity index is 1.86. The van der Waals surface area contributed by atoms with Gasteiger partial charge in [0.1, 0.15) is 0 Å². The van der Waals surface area contributed by atoms with Crippen molar-refractivity contribution in [1.82, 2.24) is 30.0 Å². The molecule has 1 aliphatic rings. The summed E-state index contributed by atoms with van der Waals surface area (Å²) in [6.07, 6.45) is -0.847. The number of hydrogen-bond acceptors (Lipinski definition) is 5. The maximum absolute atomic E-state index is 10.7. The Hall–Kier alpha value is -1.70. The summed E-state index contributed by atoms with van der Waals surface area (Å²) in [6.45, 7) is 3.19. The first kappa shape index (κ1) is 10.8. The van der Waals surface area contributed by atoms with Crippen LogP contribution in [0.3, 0.4) is 0 Å². The predicted octanol–water partition coefficient (Wildman–Crippen LogP) is -0.994. The highest BCUT2D eigenvalue weighted by molar-refractivity contribution is 5.65. The molecular weight excluding hydrogens is 212 g/mol. The molecule has 88 valence electrons. The van der Waals surface area contributed by atoms with E-state index in [1.807, 2.05) is 0 Å².